The van der Waals surface area contributed by atoms with Crippen LogP contribution in [0.25, 0.3) is 10.9 Å². The van der Waals surface area contributed by atoms with Crippen LogP contribution < -0.4 is 10.6 Å². The van der Waals surface area contributed by atoms with Crippen LogP contribution in [-0.4, -0.2) is 32.8 Å². The molecule has 2 aromatic heterocycles. The van der Waals surface area contributed by atoms with Gasteiger partial charge in [0, 0.05) is 36.9 Å². The predicted molar refractivity (Wildman–Crippen MR) is 104 cm³/mol. The molecule has 136 valence electrons. The Bertz CT molecular complexity index is 914. The van der Waals surface area contributed by atoms with Crippen LogP contribution in [0.1, 0.15) is 36.6 Å². The Morgan fingerprint density at radius 2 is 1.96 bits per heavy atom. The normalized spacial score (nSPS) is 14.2. The molecule has 0 saturated heterocycles. The molecule has 1 aliphatic heterocycles. The van der Waals surface area contributed by atoms with E-state index in [0.29, 0.717) is 6.54 Å². The van der Waals surface area contributed by atoms with Crippen LogP contribution in [0.5, 0.6) is 0 Å². The molecule has 0 atom stereocenters. The van der Waals surface area contributed by atoms with Crippen molar-refractivity contribution in [2.75, 3.05) is 18.4 Å². The van der Waals surface area contributed by atoms with Crippen molar-refractivity contribution in [2.45, 2.75) is 46.2 Å². The quantitative estimate of drug-likeness (QED) is 0.740. The summed E-state index contributed by atoms with van der Waals surface area (Å²) in [5, 5.41) is 13.0. The molecule has 0 radical (unpaired) electrons. The zero-order valence-corrected chi connectivity index (χ0v) is 15.5. The molecule has 0 amide bonds. The van der Waals surface area contributed by atoms with Crippen molar-refractivity contribution in [1.29, 1.82) is 0 Å². The lowest BCUT2D eigenvalue weighted by molar-refractivity contribution is 0.670. The Hall–Kier alpha value is -2.47. The molecule has 6 nitrogen and oxygen atoms in total. The maximum Gasteiger partial charge on any atom is 0.133 e. The van der Waals surface area contributed by atoms with E-state index in [-0.39, 0.29) is 0 Å². The monoisotopic (exact) mass is 350 g/mol. The highest BCUT2D eigenvalue weighted by molar-refractivity contribution is 5.82. The predicted octanol–water partition coefficient (Wildman–Crippen LogP) is 2.71. The summed E-state index contributed by atoms with van der Waals surface area (Å²) >= 11 is 0. The number of benzene rings is 1. The molecule has 0 aliphatic carbocycles. The fourth-order valence-electron chi connectivity index (χ4n) is 3.64. The Labute approximate surface area is 154 Å². The van der Waals surface area contributed by atoms with Crippen molar-refractivity contribution in [3.8, 4) is 0 Å². The number of hydrogen-bond donors (Lipinski definition) is 2. The van der Waals surface area contributed by atoms with Crippen molar-refractivity contribution < 1.29 is 0 Å². The smallest absolute Gasteiger partial charge is 0.133 e. The number of aromatic nitrogens is 4. The van der Waals surface area contributed by atoms with Gasteiger partial charge in [-0.2, -0.15) is 5.10 Å². The van der Waals surface area contributed by atoms with Gasteiger partial charge in [-0.3, -0.25) is 4.68 Å². The highest BCUT2D eigenvalue weighted by atomic mass is 15.3. The molecule has 0 bridgehead atoms. The fourth-order valence-corrected chi connectivity index (χ4v) is 3.64. The summed E-state index contributed by atoms with van der Waals surface area (Å²) in [6, 6.07) is 8.42. The van der Waals surface area contributed by atoms with Gasteiger partial charge in [0.05, 0.1) is 23.4 Å². The number of para-hydroxylation sites is 1. The van der Waals surface area contributed by atoms with Crippen molar-refractivity contribution in [3.05, 3.63) is 47.0 Å². The Kier molecular flexibility index (Phi) is 4.84. The van der Waals surface area contributed by atoms with Crippen LogP contribution in [0.3, 0.4) is 0 Å². The van der Waals surface area contributed by atoms with Crippen LogP contribution in [0.15, 0.2) is 24.3 Å². The van der Waals surface area contributed by atoms with Gasteiger partial charge in [0.25, 0.3) is 0 Å². The largest absolute Gasteiger partial charge is 0.364 e. The number of nitrogens with zero attached hydrogens (tertiary/aromatic N) is 4. The minimum atomic E-state index is 0.674. The minimum Gasteiger partial charge on any atom is -0.364 e. The molecule has 0 spiro atoms. The standard InChI is InChI=1S/C20H26N6/c1-3-19-23-16-10-12-21-11-9-15(16)20(24-19)22-13-17-14-7-5-6-8-18(14)26(4-2)25-17/h5-8,21H,3-4,9-13H2,1-2H3,(H,22,23,24). The van der Waals surface area contributed by atoms with Gasteiger partial charge < -0.3 is 10.6 Å². The molecule has 2 N–H and O–H groups in total. The molecule has 3 aromatic rings. The lowest BCUT2D eigenvalue weighted by Gasteiger charge is -2.14. The van der Waals surface area contributed by atoms with Gasteiger partial charge in [-0.15, -0.1) is 0 Å². The Balaban J connectivity index is 1.66. The van der Waals surface area contributed by atoms with Gasteiger partial charge in [-0.05, 0) is 26.0 Å². The van der Waals surface area contributed by atoms with E-state index in [2.05, 4.69) is 53.4 Å². The summed E-state index contributed by atoms with van der Waals surface area (Å²) in [5.74, 6) is 1.89. The zero-order chi connectivity index (χ0) is 17.9. The second-order valence-electron chi connectivity index (χ2n) is 6.65. The second kappa shape index (κ2) is 7.41. The van der Waals surface area contributed by atoms with E-state index in [0.717, 1.165) is 56.2 Å². The average molecular weight is 350 g/mol. The molecular weight excluding hydrogens is 324 g/mol. The van der Waals surface area contributed by atoms with Gasteiger partial charge >= 0.3 is 0 Å². The maximum atomic E-state index is 4.79. The first-order valence-electron chi connectivity index (χ1n) is 9.57. The van der Waals surface area contributed by atoms with Crippen LogP contribution in [0, 0.1) is 0 Å². The summed E-state index contributed by atoms with van der Waals surface area (Å²) in [5.41, 5.74) is 4.70. The highest BCUT2D eigenvalue weighted by Crippen LogP contribution is 2.23. The molecule has 3 heterocycles. The minimum absolute atomic E-state index is 0.674. The van der Waals surface area contributed by atoms with Gasteiger partial charge in [0.15, 0.2) is 0 Å². The van der Waals surface area contributed by atoms with Crippen LogP contribution in [0.2, 0.25) is 0 Å². The van der Waals surface area contributed by atoms with Crippen molar-refractivity contribution in [1.82, 2.24) is 25.1 Å². The molecule has 0 unspecified atom stereocenters. The summed E-state index contributed by atoms with van der Waals surface area (Å²) in [7, 11) is 0. The van der Waals surface area contributed by atoms with Gasteiger partial charge in [-0.25, -0.2) is 9.97 Å². The third-order valence-corrected chi connectivity index (χ3v) is 5.00. The maximum absolute atomic E-state index is 4.79. The number of hydrogen-bond acceptors (Lipinski definition) is 5. The molecule has 0 fully saturated rings. The number of rotatable bonds is 5. The molecular formula is C20H26N6. The van der Waals surface area contributed by atoms with E-state index in [1.54, 1.807) is 0 Å². The van der Waals surface area contributed by atoms with E-state index in [4.69, 9.17) is 15.1 Å². The van der Waals surface area contributed by atoms with Crippen LogP contribution in [0.4, 0.5) is 5.82 Å². The molecule has 1 aromatic carbocycles. The molecule has 4 rings (SSSR count). The van der Waals surface area contributed by atoms with E-state index >= 15 is 0 Å². The topological polar surface area (TPSA) is 67.7 Å². The van der Waals surface area contributed by atoms with E-state index < -0.39 is 0 Å². The van der Waals surface area contributed by atoms with E-state index in [1.807, 2.05) is 0 Å². The van der Waals surface area contributed by atoms with Crippen molar-refractivity contribution in [2.24, 2.45) is 0 Å². The lowest BCUT2D eigenvalue weighted by atomic mass is 10.1. The van der Waals surface area contributed by atoms with Crippen molar-refractivity contribution in [3.63, 3.8) is 0 Å². The zero-order valence-electron chi connectivity index (χ0n) is 15.5. The number of fused-ring (bicyclic) bond motifs is 2. The molecule has 6 heteroatoms. The van der Waals surface area contributed by atoms with E-state index in [9.17, 15) is 0 Å². The second-order valence-corrected chi connectivity index (χ2v) is 6.65. The Morgan fingerprint density at radius 1 is 1.12 bits per heavy atom. The van der Waals surface area contributed by atoms with Gasteiger partial charge in [0.2, 0.25) is 0 Å². The number of nitrogens with one attached hydrogen (secondary N) is 2. The first kappa shape index (κ1) is 17.0. The number of anilines is 1. The van der Waals surface area contributed by atoms with Gasteiger partial charge in [-0.1, -0.05) is 25.1 Å². The first-order chi connectivity index (χ1) is 12.8. The summed E-state index contributed by atoms with van der Waals surface area (Å²) in [6.45, 7) is 7.74. The number of aryl methyl sites for hydroxylation is 2. The first-order valence-corrected chi connectivity index (χ1v) is 9.57. The highest BCUT2D eigenvalue weighted by Gasteiger charge is 2.17. The third kappa shape index (κ3) is 3.17. The van der Waals surface area contributed by atoms with Crippen LogP contribution >= 0.6 is 0 Å². The molecule has 26 heavy (non-hydrogen) atoms. The summed E-state index contributed by atoms with van der Waals surface area (Å²) in [4.78, 5) is 9.55. The van der Waals surface area contributed by atoms with Crippen molar-refractivity contribution >= 4 is 16.7 Å². The Morgan fingerprint density at radius 3 is 2.81 bits per heavy atom. The average Bonchev–Trinajstić information content (AvgIpc) is 2.86. The summed E-state index contributed by atoms with van der Waals surface area (Å²) in [6.07, 6.45) is 2.78. The molecule has 0 saturated carbocycles. The van der Waals surface area contributed by atoms with E-state index in [1.165, 1.54) is 22.2 Å². The molecule has 1 aliphatic rings. The van der Waals surface area contributed by atoms with Gasteiger partial charge in [0.1, 0.15) is 11.6 Å². The van der Waals surface area contributed by atoms with Crippen LogP contribution in [-0.2, 0) is 32.4 Å². The lowest BCUT2D eigenvalue weighted by Crippen LogP contribution is -2.16. The fraction of sp³-hybridized carbons (Fsp3) is 0.450. The summed E-state index contributed by atoms with van der Waals surface area (Å²) < 4.78 is 2.06. The third-order valence-electron chi connectivity index (χ3n) is 5.00. The SMILES string of the molecule is CCc1nc2c(c(NCc3nn(CC)c4ccccc34)n1)CCNCC2.